The third-order valence-electron chi connectivity index (χ3n) is 5.49. The summed E-state index contributed by atoms with van der Waals surface area (Å²) < 4.78 is 1.44. The summed E-state index contributed by atoms with van der Waals surface area (Å²) in [5.41, 5.74) is -0.779. The highest BCUT2D eigenvalue weighted by Gasteiger charge is 2.48. The number of amides is 1. The van der Waals surface area contributed by atoms with Crippen LogP contribution < -0.4 is 5.56 Å². The number of carbonyl (C=O) groups is 1. The van der Waals surface area contributed by atoms with Gasteiger partial charge in [0, 0.05) is 31.3 Å². The molecule has 5 heteroatoms. The van der Waals surface area contributed by atoms with Gasteiger partial charge in [0.25, 0.3) is 5.56 Å². The molecule has 120 valence electrons. The molecule has 2 fully saturated rings. The maximum absolute atomic E-state index is 12.5. The van der Waals surface area contributed by atoms with Crippen molar-refractivity contribution in [2.45, 2.75) is 44.8 Å². The lowest BCUT2D eigenvalue weighted by molar-refractivity contribution is -0.131. The molecule has 1 N–H and O–H groups in total. The molecule has 3 atom stereocenters. The zero-order valence-electron chi connectivity index (χ0n) is 13.1. The summed E-state index contributed by atoms with van der Waals surface area (Å²) in [6.45, 7) is 3.45. The Kier molecular flexibility index (Phi) is 4.08. The smallest absolute Gasteiger partial charge is 0.250 e. The van der Waals surface area contributed by atoms with Crippen LogP contribution in [0.3, 0.4) is 0 Å². The number of rotatable bonds is 3. The summed E-state index contributed by atoms with van der Waals surface area (Å²) in [5, 5.41) is 10.8. The van der Waals surface area contributed by atoms with E-state index in [2.05, 4.69) is 0 Å². The third kappa shape index (κ3) is 2.70. The molecule has 1 aliphatic carbocycles. The minimum absolute atomic E-state index is 0.0267. The van der Waals surface area contributed by atoms with Crippen molar-refractivity contribution in [3.63, 3.8) is 0 Å². The molecule has 3 rings (SSSR count). The molecule has 0 spiro atoms. The maximum atomic E-state index is 12.5. The SMILES string of the molecule is CC[C@]1(O)CCC[C@H]2CN(C(=O)Cn3ccccc3=O)C[C@H]21. The van der Waals surface area contributed by atoms with Gasteiger partial charge in [-0.1, -0.05) is 19.4 Å². The number of nitrogens with zero attached hydrogens (tertiary/aromatic N) is 2. The monoisotopic (exact) mass is 304 g/mol. The standard InChI is InChI=1S/C17H24N2O3/c1-2-17(22)8-5-6-13-10-19(11-14(13)17)16(21)12-18-9-4-3-7-15(18)20/h3-4,7,9,13-14,22H,2,5-6,8,10-12H2,1H3/t13-,14+,17-/m0/s1. The fourth-order valence-electron chi connectivity index (χ4n) is 4.11. The largest absolute Gasteiger partial charge is 0.390 e. The predicted octanol–water partition coefficient (Wildman–Crippen LogP) is 1.25. The van der Waals surface area contributed by atoms with Crippen LogP contribution in [0.2, 0.25) is 0 Å². The first kappa shape index (κ1) is 15.3. The van der Waals surface area contributed by atoms with Gasteiger partial charge in [-0.2, -0.15) is 0 Å². The van der Waals surface area contributed by atoms with E-state index >= 15 is 0 Å². The van der Waals surface area contributed by atoms with Gasteiger partial charge in [-0.15, -0.1) is 0 Å². The molecule has 0 unspecified atom stereocenters. The summed E-state index contributed by atoms with van der Waals surface area (Å²) >= 11 is 0. The molecular weight excluding hydrogens is 280 g/mol. The number of hydrogen-bond donors (Lipinski definition) is 1. The van der Waals surface area contributed by atoms with E-state index in [0.717, 1.165) is 25.7 Å². The molecule has 5 nitrogen and oxygen atoms in total. The number of pyridine rings is 1. The first-order valence-electron chi connectivity index (χ1n) is 8.19. The second kappa shape index (κ2) is 5.88. The lowest BCUT2D eigenvalue weighted by atomic mass is 9.69. The van der Waals surface area contributed by atoms with Crippen molar-refractivity contribution in [2.24, 2.45) is 11.8 Å². The molecule has 22 heavy (non-hydrogen) atoms. The fourth-order valence-corrected chi connectivity index (χ4v) is 4.11. The molecule has 2 aliphatic rings. The van der Waals surface area contributed by atoms with Gasteiger partial charge >= 0.3 is 0 Å². The van der Waals surface area contributed by atoms with Crippen LogP contribution in [0.4, 0.5) is 0 Å². The van der Waals surface area contributed by atoms with Crippen LogP contribution in [0.15, 0.2) is 29.2 Å². The first-order chi connectivity index (χ1) is 10.5. The van der Waals surface area contributed by atoms with Crippen LogP contribution >= 0.6 is 0 Å². The fraction of sp³-hybridized carbons (Fsp3) is 0.647. The highest BCUT2D eigenvalue weighted by atomic mass is 16.3. The summed E-state index contributed by atoms with van der Waals surface area (Å²) in [6, 6.07) is 4.90. The Bertz CT molecular complexity index is 612. The van der Waals surface area contributed by atoms with Gasteiger partial charge in [0.2, 0.25) is 5.91 Å². The molecule has 1 aromatic heterocycles. The Balaban J connectivity index is 1.71. The average Bonchev–Trinajstić information content (AvgIpc) is 2.96. The Morgan fingerprint density at radius 3 is 2.95 bits per heavy atom. The molecule has 0 bridgehead atoms. The lowest BCUT2D eigenvalue weighted by Crippen LogP contribution is -2.45. The van der Waals surface area contributed by atoms with E-state index in [-0.39, 0.29) is 23.9 Å². The molecule has 1 amide bonds. The van der Waals surface area contributed by atoms with Gasteiger partial charge < -0.3 is 14.6 Å². The van der Waals surface area contributed by atoms with Crippen LogP contribution in [0.5, 0.6) is 0 Å². The van der Waals surface area contributed by atoms with E-state index in [1.807, 2.05) is 11.8 Å². The van der Waals surface area contributed by atoms with Crippen molar-refractivity contribution < 1.29 is 9.90 Å². The predicted molar refractivity (Wildman–Crippen MR) is 83.4 cm³/mol. The normalized spacial score (nSPS) is 31.1. The van der Waals surface area contributed by atoms with E-state index in [9.17, 15) is 14.7 Å². The van der Waals surface area contributed by atoms with E-state index < -0.39 is 5.60 Å². The van der Waals surface area contributed by atoms with Gasteiger partial charge in [-0.05, 0) is 31.2 Å². The minimum atomic E-state index is -0.623. The van der Waals surface area contributed by atoms with Crippen molar-refractivity contribution in [1.82, 2.24) is 9.47 Å². The Morgan fingerprint density at radius 2 is 2.23 bits per heavy atom. The Hall–Kier alpha value is -1.62. The van der Waals surface area contributed by atoms with E-state index in [4.69, 9.17) is 0 Å². The quantitative estimate of drug-likeness (QED) is 0.914. The number of aliphatic hydroxyl groups is 1. The Morgan fingerprint density at radius 1 is 1.41 bits per heavy atom. The van der Waals surface area contributed by atoms with E-state index in [1.165, 1.54) is 10.6 Å². The molecule has 0 aromatic carbocycles. The summed E-state index contributed by atoms with van der Waals surface area (Å²) in [7, 11) is 0. The van der Waals surface area contributed by atoms with Crippen molar-refractivity contribution in [1.29, 1.82) is 0 Å². The highest BCUT2D eigenvalue weighted by molar-refractivity contribution is 5.76. The van der Waals surface area contributed by atoms with Gasteiger partial charge in [0.1, 0.15) is 6.54 Å². The number of carbonyl (C=O) groups excluding carboxylic acids is 1. The number of aromatic nitrogens is 1. The first-order valence-corrected chi connectivity index (χ1v) is 8.19. The average molecular weight is 304 g/mol. The second-order valence-electron chi connectivity index (χ2n) is 6.68. The summed E-state index contributed by atoms with van der Waals surface area (Å²) in [6.07, 6.45) is 5.35. The maximum Gasteiger partial charge on any atom is 0.250 e. The van der Waals surface area contributed by atoms with Gasteiger partial charge in [0.05, 0.1) is 5.60 Å². The van der Waals surface area contributed by atoms with Crippen LogP contribution in [0.1, 0.15) is 32.6 Å². The lowest BCUT2D eigenvalue weighted by Gasteiger charge is -2.40. The van der Waals surface area contributed by atoms with Crippen molar-refractivity contribution >= 4 is 5.91 Å². The molecule has 1 aliphatic heterocycles. The summed E-state index contributed by atoms with van der Waals surface area (Å²) in [5.74, 6) is 0.555. The number of hydrogen-bond acceptors (Lipinski definition) is 3. The molecular formula is C17H24N2O3. The second-order valence-corrected chi connectivity index (χ2v) is 6.68. The highest BCUT2D eigenvalue weighted by Crippen LogP contribution is 2.44. The number of fused-ring (bicyclic) bond motifs is 1. The third-order valence-corrected chi connectivity index (χ3v) is 5.49. The zero-order chi connectivity index (χ0) is 15.7. The molecule has 0 radical (unpaired) electrons. The van der Waals surface area contributed by atoms with E-state index in [1.54, 1.807) is 18.3 Å². The van der Waals surface area contributed by atoms with Crippen LogP contribution in [0.25, 0.3) is 0 Å². The minimum Gasteiger partial charge on any atom is -0.390 e. The van der Waals surface area contributed by atoms with Crippen LogP contribution in [0, 0.1) is 11.8 Å². The van der Waals surface area contributed by atoms with Gasteiger partial charge in [0.15, 0.2) is 0 Å². The summed E-state index contributed by atoms with van der Waals surface area (Å²) in [4.78, 5) is 26.1. The van der Waals surface area contributed by atoms with Gasteiger partial charge in [-0.25, -0.2) is 0 Å². The van der Waals surface area contributed by atoms with E-state index in [0.29, 0.717) is 19.0 Å². The van der Waals surface area contributed by atoms with Crippen molar-refractivity contribution in [2.75, 3.05) is 13.1 Å². The van der Waals surface area contributed by atoms with Gasteiger partial charge in [-0.3, -0.25) is 9.59 Å². The molecule has 1 saturated heterocycles. The number of likely N-dealkylation sites (tertiary alicyclic amines) is 1. The molecule has 2 heterocycles. The Labute approximate surface area is 130 Å². The topological polar surface area (TPSA) is 62.5 Å². The van der Waals surface area contributed by atoms with Crippen LogP contribution in [-0.4, -0.2) is 39.2 Å². The van der Waals surface area contributed by atoms with Crippen molar-refractivity contribution in [3.05, 3.63) is 34.7 Å². The molecule has 1 saturated carbocycles. The van der Waals surface area contributed by atoms with Crippen LogP contribution in [-0.2, 0) is 11.3 Å². The zero-order valence-corrected chi connectivity index (χ0v) is 13.1. The van der Waals surface area contributed by atoms with Crippen molar-refractivity contribution in [3.8, 4) is 0 Å². The molecule has 1 aromatic rings.